The lowest BCUT2D eigenvalue weighted by atomic mass is 10.1. The zero-order valence-corrected chi connectivity index (χ0v) is 25.2. The third-order valence-corrected chi connectivity index (χ3v) is 7.38. The quantitative estimate of drug-likeness (QED) is 0.136. The molecule has 0 saturated heterocycles. The van der Waals surface area contributed by atoms with Crippen molar-refractivity contribution in [2.75, 3.05) is 30.6 Å². The monoisotopic (exact) mass is 595 g/mol. The highest BCUT2D eigenvalue weighted by Crippen LogP contribution is 2.27. The van der Waals surface area contributed by atoms with Gasteiger partial charge in [0.25, 0.3) is 11.8 Å². The van der Waals surface area contributed by atoms with E-state index in [-0.39, 0.29) is 17.4 Å². The van der Waals surface area contributed by atoms with Crippen LogP contribution in [-0.4, -0.2) is 37.7 Å². The van der Waals surface area contributed by atoms with Gasteiger partial charge < -0.3 is 25.4 Å². The number of thioether (sulfide) groups is 1. The van der Waals surface area contributed by atoms with Crippen molar-refractivity contribution >= 4 is 46.9 Å². The molecule has 0 radical (unpaired) electrons. The Morgan fingerprint density at radius 3 is 2.33 bits per heavy atom. The summed E-state index contributed by atoms with van der Waals surface area (Å²) >= 11 is 1.35. The van der Waals surface area contributed by atoms with Crippen molar-refractivity contribution in [3.63, 3.8) is 0 Å². The number of carbonyl (C=O) groups is 3. The van der Waals surface area contributed by atoms with Crippen LogP contribution >= 0.6 is 11.8 Å². The van der Waals surface area contributed by atoms with Gasteiger partial charge in [0.05, 0.1) is 20.0 Å². The molecule has 4 rings (SSSR count). The SMILES string of the molecule is COc1ccc(OC)c(/C=C(/NC(=O)c2ccccc2)C(=O)Nc2cccc(SCC(=O)Nc3ccc(C)cc3C)c2)c1. The highest BCUT2D eigenvalue weighted by atomic mass is 32.2. The van der Waals surface area contributed by atoms with Gasteiger partial charge in [0, 0.05) is 27.4 Å². The summed E-state index contributed by atoms with van der Waals surface area (Å²) in [4.78, 5) is 40.0. The number of aryl methyl sites for hydroxylation is 2. The van der Waals surface area contributed by atoms with Crippen molar-refractivity contribution in [3.8, 4) is 11.5 Å². The molecule has 0 bridgehead atoms. The van der Waals surface area contributed by atoms with Crippen LogP contribution in [0.4, 0.5) is 11.4 Å². The van der Waals surface area contributed by atoms with Crippen molar-refractivity contribution in [2.45, 2.75) is 18.7 Å². The number of rotatable bonds is 11. The fourth-order valence-corrected chi connectivity index (χ4v) is 4.96. The summed E-state index contributed by atoms with van der Waals surface area (Å²) < 4.78 is 10.8. The molecule has 0 heterocycles. The average Bonchev–Trinajstić information content (AvgIpc) is 3.01. The Morgan fingerprint density at radius 2 is 1.60 bits per heavy atom. The van der Waals surface area contributed by atoms with Gasteiger partial charge in [-0.15, -0.1) is 11.8 Å². The maximum Gasteiger partial charge on any atom is 0.272 e. The lowest BCUT2D eigenvalue weighted by Crippen LogP contribution is -2.30. The van der Waals surface area contributed by atoms with Crippen molar-refractivity contribution in [2.24, 2.45) is 0 Å². The van der Waals surface area contributed by atoms with Gasteiger partial charge in [-0.3, -0.25) is 14.4 Å². The van der Waals surface area contributed by atoms with Crippen LogP contribution in [0.25, 0.3) is 6.08 Å². The Balaban J connectivity index is 1.51. The second-order valence-electron chi connectivity index (χ2n) is 9.62. The number of amides is 3. The molecular weight excluding hydrogens is 562 g/mol. The first kappa shape index (κ1) is 30.9. The van der Waals surface area contributed by atoms with Gasteiger partial charge in [0.2, 0.25) is 5.91 Å². The number of hydrogen-bond acceptors (Lipinski definition) is 6. The van der Waals surface area contributed by atoms with Crippen molar-refractivity contribution < 1.29 is 23.9 Å². The first-order valence-electron chi connectivity index (χ1n) is 13.5. The van der Waals surface area contributed by atoms with Gasteiger partial charge >= 0.3 is 0 Å². The maximum atomic E-state index is 13.5. The zero-order valence-electron chi connectivity index (χ0n) is 24.4. The van der Waals surface area contributed by atoms with E-state index in [9.17, 15) is 14.4 Å². The Morgan fingerprint density at radius 1 is 0.814 bits per heavy atom. The summed E-state index contributed by atoms with van der Waals surface area (Å²) in [7, 11) is 3.06. The molecule has 0 fully saturated rings. The second kappa shape index (κ2) is 14.7. The molecular formula is C34H33N3O5S. The number of ether oxygens (including phenoxy) is 2. The molecule has 8 nitrogen and oxygen atoms in total. The minimum Gasteiger partial charge on any atom is -0.497 e. The van der Waals surface area contributed by atoms with E-state index in [1.54, 1.807) is 66.7 Å². The van der Waals surface area contributed by atoms with Gasteiger partial charge in [0.15, 0.2) is 0 Å². The smallest absolute Gasteiger partial charge is 0.272 e. The molecule has 4 aromatic rings. The number of methoxy groups -OCH3 is 2. The molecule has 0 unspecified atom stereocenters. The van der Waals surface area contributed by atoms with Crippen LogP contribution in [0.3, 0.4) is 0 Å². The average molecular weight is 596 g/mol. The summed E-state index contributed by atoms with van der Waals surface area (Å²) in [5.41, 5.74) is 4.35. The molecule has 0 aliphatic heterocycles. The molecule has 0 aliphatic rings. The van der Waals surface area contributed by atoms with Crippen LogP contribution in [0.5, 0.6) is 11.5 Å². The van der Waals surface area contributed by atoms with E-state index < -0.39 is 11.8 Å². The molecule has 9 heteroatoms. The Hall–Kier alpha value is -5.02. The third kappa shape index (κ3) is 8.73. The molecule has 0 spiro atoms. The van der Waals surface area contributed by atoms with Gasteiger partial charge in [0.1, 0.15) is 17.2 Å². The maximum absolute atomic E-state index is 13.5. The van der Waals surface area contributed by atoms with E-state index in [1.165, 1.54) is 32.1 Å². The van der Waals surface area contributed by atoms with Crippen LogP contribution in [0.15, 0.2) is 102 Å². The Kier molecular flexibility index (Phi) is 10.6. The summed E-state index contributed by atoms with van der Waals surface area (Å²) in [6.07, 6.45) is 1.54. The van der Waals surface area contributed by atoms with E-state index in [0.29, 0.717) is 28.3 Å². The van der Waals surface area contributed by atoms with Gasteiger partial charge in [-0.2, -0.15) is 0 Å². The van der Waals surface area contributed by atoms with E-state index >= 15 is 0 Å². The van der Waals surface area contributed by atoms with Crippen LogP contribution < -0.4 is 25.4 Å². The molecule has 0 atom stereocenters. The minimum absolute atomic E-state index is 0.00584. The summed E-state index contributed by atoms with van der Waals surface area (Å²) in [6, 6.07) is 26.8. The molecule has 3 amide bonds. The first-order valence-corrected chi connectivity index (χ1v) is 14.5. The topological polar surface area (TPSA) is 106 Å². The zero-order chi connectivity index (χ0) is 30.8. The van der Waals surface area contributed by atoms with Gasteiger partial charge in [-0.25, -0.2) is 0 Å². The summed E-state index contributed by atoms with van der Waals surface area (Å²) in [6.45, 7) is 3.96. The highest BCUT2D eigenvalue weighted by molar-refractivity contribution is 8.00. The molecule has 3 N–H and O–H groups in total. The summed E-state index contributed by atoms with van der Waals surface area (Å²) in [5, 5.41) is 8.54. The second-order valence-corrected chi connectivity index (χ2v) is 10.7. The van der Waals surface area contributed by atoms with Crippen molar-refractivity contribution in [1.82, 2.24) is 5.32 Å². The van der Waals surface area contributed by atoms with Gasteiger partial charge in [-0.1, -0.05) is 42.0 Å². The van der Waals surface area contributed by atoms with E-state index in [2.05, 4.69) is 16.0 Å². The van der Waals surface area contributed by atoms with Crippen molar-refractivity contribution in [1.29, 1.82) is 0 Å². The van der Waals surface area contributed by atoms with E-state index in [0.717, 1.165) is 21.7 Å². The van der Waals surface area contributed by atoms with E-state index in [4.69, 9.17) is 9.47 Å². The first-order chi connectivity index (χ1) is 20.7. The van der Waals surface area contributed by atoms with Crippen LogP contribution in [-0.2, 0) is 9.59 Å². The molecule has 43 heavy (non-hydrogen) atoms. The van der Waals surface area contributed by atoms with Crippen LogP contribution in [0.1, 0.15) is 27.0 Å². The lowest BCUT2D eigenvalue weighted by Gasteiger charge is -2.14. The summed E-state index contributed by atoms with van der Waals surface area (Å²) in [5.74, 6) is 0.142. The fourth-order valence-electron chi connectivity index (χ4n) is 4.20. The van der Waals surface area contributed by atoms with Crippen LogP contribution in [0, 0.1) is 13.8 Å². The number of hydrogen-bond donors (Lipinski definition) is 3. The predicted molar refractivity (Wildman–Crippen MR) is 172 cm³/mol. The lowest BCUT2D eigenvalue weighted by molar-refractivity contribution is -0.114. The highest BCUT2D eigenvalue weighted by Gasteiger charge is 2.17. The molecule has 0 aromatic heterocycles. The minimum atomic E-state index is -0.538. The largest absolute Gasteiger partial charge is 0.497 e. The number of benzene rings is 4. The molecule has 4 aromatic carbocycles. The Labute approximate surface area is 255 Å². The number of nitrogens with one attached hydrogen (secondary N) is 3. The van der Waals surface area contributed by atoms with Crippen molar-refractivity contribution in [3.05, 3.63) is 119 Å². The number of carbonyl (C=O) groups excluding carboxylic acids is 3. The van der Waals surface area contributed by atoms with Gasteiger partial charge in [-0.05, 0) is 80.1 Å². The fraction of sp³-hybridized carbons (Fsp3) is 0.147. The van der Waals surface area contributed by atoms with E-state index in [1.807, 2.05) is 38.1 Å². The normalized spacial score (nSPS) is 10.9. The predicted octanol–water partition coefficient (Wildman–Crippen LogP) is 6.46. The number of anilines is 2. The molecule has 220 valence electrons. The molecule has 0 aliphatic carbocycles. The standard InChI is InChI=1S/C34H33N3O5S/c1-22-13-15-29(23(2)17-22)36-32(38)21-43-28-12-8-11-26(20-28)35-34(40)30(37-33(39)24-9-6-5-7-10-24)19-25-18-27(41-3)14-16-31(25)42-4/h5-20H,21H2,1-4H3,(H,35,40)(H,36,38)(H,37,39)/b30-19+. The Bertz CT molecular complexity index is 1650. The van der Waals surface area contributed by atoms with Crippen LogP contribution in [0.2, 0.25) is 0 Å². The third-order valence-electron chi connectivity index (χ3n) is 6.38. The molecule has 0 saturated carbocycles.